The van der Waals surface area contributed by atoms with E-state index in [-0.39, 0.29) is 5.69 Å². The molecule has 1 heterocycles. The Morgan fingerprint density at radius 3 is 2.52 bits per heavy atom. The molecule has 0 aliphatic carbocycles. The molecule has 0 saturated heterocycles. The molecule has 0 spiro atoms. The molecule has 0 radical (unpaired) electrons. The van der Waals surface area contributed by atoms with Crippen molar-refractivity contribution < 1.29 is 19.9 Å². The van der Waals surface area contributed by atoms with Crippen LogP contribution in [0, 0.1) is 10.1 Å². The Bertz CT molecular complexity index is 567. The molecule has 1 aromatic carbocycles. The van der Waals surface area contributed by atoms with Gasteiger partial charge in [-0.15, -0.1) is 0 Å². The molecule has 112 valence electrons. The minimum Gasteiger partial charge on any atom is -0.478 e. The lowest BCUT2D eigenvalue weighted by molar-refractivity contribution is -0.384. The lowest BCUT2D eigenvalue weighted by Gasteiger charge is -2.27. The average molecular weight is 292 g/mol. The summed E-state index contributed by atoms with van der Waals surface area (Å²) in [4.78, 5) is 22.8. The molecule has 0 saturated carbocycles. The molecule has 1 aliphatic rings. The summed E-state index contributed by atoms with van der Waals surface area (Å²) < 4.78 is 0. The molecular formula is C14H16N2O5. The van der Waals surface area contributed by atoms with Crippen molar-refractivity contribution in [3.8, 4) is 0 Å². The van der Waals surface area contributed by atoms with Gasteiger partial charge in [0.1, 0.15) is 0 Å². The SMILES string of the molecule is O=C(O)C1=CCN(CC(O)c2ccc([N+](=O)[O-])cc2)CC1. The number of carboxylic acid groups (broad SMARTS) is 1. The van der Waals surface area contributed by atoms with Gasteiger partial charge in [-0.3, -0.25) is 15.0 Å². The normalized spacial score (nSPS) is 17.1. The third-order valence-electron chi connectivity index (χ3n) is 3.49. The lowest BCUT2D eigenvalue weighted by atomic mass is 10.1. The molecule has 7 nitrogen and oxygen atoms in total. The number of aliphatic hydroxyl groups excluding tert-OH is 1. The summed E-state index contributed by atoms with van der Waals surface area (Å²) in [7, 11) is 0. The fourth-order valence-electron chi connectivity index (χ4n) is 2.24. The number of aliphatic hydroxyl groups is 1. The minimum atomic E-state index is -0.898. The summed E-state index contributed by atoms with van der Waals surface area (Å²) in [5.41, 5.74) is 0.989. The molecule has 1 atom stereocenters. The number of nitro benzene ring substituents is 1. The standard InChI is InChI=1S/C14H16N2O5/c17-13(10-1-3-12(4-2-10)16(20)21)9-15-7-5-11(6-8-15)14(18)19/h1-5,13,17H,6-9H2,(H,18,19). The zero-order valence-corrected chi connectivity index (χ0v) is 11.3. The monoisotopic (exact) mass is 292 g/mol. The van der Waals surface area contributed by atoms with Crippen LogP contribution >= 0.6 is 0 Å². The van der Waals surface area contributed by atoms with Crippen molar-refractivity contribution in [1.29, 1.82) is 0 Å². The van der Waals surface area contributed by atoms with Gasteiger partial charge in [-0.2, -0.15) is 0 Å². The van der Waals surface area contributed by atoms with Crippen LogP contribution in [0.25, 0.3) is 0 Å². The highest BCUT2D eigenvalue weighted by atomic mass is 16.6. The maximum absolute atomic E-state index is 10.8. The molecule has 0 bridgehead atoms. The molecular weight excluding hydrogens is 276 g/mol. The van der Waals surface area contributed by atoms with Gasteiger partial charge in [0.05, 0.1) is 11.0 Å². The van der Waals surface area contributed by atoms with Crippen LogP contribution in [-0.4, -0.2) is 45.6 Å². The van der Waals surface area contributed by atoms with Crippen molar-refractivity contribution in [3.05, 3.63) is 51.6 Å². The smallest absolute Gasteiger partial charge is 0.331 e. The fraction of sp³-hybridized carbons (Fsp3) is 0.357. The first-order chi connectivity index (χ1) is 9.97. The number of hydrogen-bond donors (Lipinski definition) is 2. The lowest BCUT2D eigenvalue weighted by Crippen LogP contribution is -2.33. The first-order valence-electron chi connectivity index (χ1n) is 6.54. The highest BCUT2D eigenvalue weighted by Gasteiger charge is 2.19. The van der Waals surface area contributed by atoms with Gasteiger partial charge in [0, 0.05) is 37.3 Å². The summed E-state index contributed by atoms with van der Waals surface area (Å²) in [6.45, 7) is 1.41. The molecule has 7 heteroatoms. The Hall–Kier alpha value is -2.25. The van der Waals surface area contributed by atoms with Crippen molar-refractivity contribution in [3.63, 3.8) is 0 Å². The Morgan fingerprint density at radius 2 is 2.05 bits per heavy atom. The van der Waals surface area contributed by atoms with Crippen LogP contribution in [0.15, 0.2) is 35.9 Å². The predicted octanol–water partition coefficient (Wildman–Crippen LogP) is 1.34. The van der Waals surface area contributed by atoms with Crippen molar-refractivity contribution in [2.24, 2.45) is 0 Å². The summed E-state index contributed by atoms with van der Waals surface area (Å²) in [5.74, 6) is -0.898. The van der Waals surface area contributed by atoms with Crippen LogP contribution in [-0.2, 0) is 4.79 Å². The van der Waals surface area contributed by atoms with E-state index in [1.165, 1.54) is 24.3 Å². The van der Waals surface area contributed by atoms with Crippen molar-refractivity contribution in [2.75, 3.05) is 19.6 Å². The molecule has 0 fully saturated rings. The molecule has 2 rings (SSSR count). The second kappa shape index (κ2) is 6.47. The predicted molar refractivity (Wildman–Crippen MR) is 74.8 cm³/mol. The number of β-amino-alcohol motifs (C(OH)–C–C–N with tert-alkyl or cyclic N) is 1. The van der Waals surface area contributed by atoms with Crippen molar-refractivity contribution >= 4 is 11.7 Å². The number of hydrogen-bond acceptors (Lipinski definition) is 5. The number of nitro groups is 1. The fourth-order valence-corrected chi connectivity index (χ4v) is 2.24. The van der Waals surface area contributed by atoms with E-state index in [1.54, 1.807) is 6.08 Å². The third-order valence-corrected chi connectivity index (χ3v) is 3.49. The van der Waals surface area contributed by atoms with Gasteiger partial charge < -0.3 is 10.2 Å². The zero-order chi connectivity index (χ0) is 15.4. The van der Waals surface area contributed by atoms with Gasteiger partial charge >= 0.3 is 5.97 Å². The van der Waals surface area contributed by atoms with E-state index < -0.39 is 17.0 Å². The van der Waals surface area contributed by atoms with E-state index in [1.807, 2.05) is 4.90 Å². The number of nitrogens with zero attached hydrogens (tertiary/aromatic N) is 2. The van der Waals surface area contributed by atoms with Gasteiger partial charge in [0.2, 0.25) is 0 Å². The van der Waals surface area contributed by atoms with Gasteiger partial charge in [-0.25, -0.2) is 4.79 Å². The average Bonchev–Trinajstić information content (AvgIpc) is 2.47. The molecule has 1 unspecified atom stereocenters. The largest absolute Gasteiger partial charge is 0.478 e. The summed E-state index contributed by atoms with van der Waals surface area (Å²) >= 11 is 0. The quantitative estimate of drug-likeness (QED) is 0.627. The van der Waals surface area contributed by atoms with Gasteiger partial charge in [0.25, 0.3) is 5.69 Å². The summed E-state index contributed by atoms with van der Waals surface area (Å²) in [6, 6.07) is 5.78. The van der Waals surface area contributed by atoms with E-state index in [0.717, 1.165) is 0 Å². The summed E-state index contributed by atoms with van der Waals surface area (Å²) in [6.07, 6.45) is 1.34. The number of non-ortho nitro benzene ring substituents is 1. The topological polar surface area (TPSA) is 104 Å². The highest BCUT2D eigenvalue weighted by Crippen LogP contribution is 2.20. The van der Waals surface area contributed by atoms with Crippen molar-refractivity contribution in [1.82, 2.24) is 4.90 Å². The van der Waals surface area contributed by atoms with Gasteiger partial charge in [-0.1, -0.05) is 6.08 Å². The first kappa shape index (κ1) is 15.1. The van der Waals surface area contributed by atoms with E-state index in [9.17, 15) is 20.0 Å². The van der Waals surface area contributed by atoms with E-state index >= 15 is 0 Å². The number of benzene rings is 1. The second-order valence-electron chi connectivity index (χ2n) is 4.91. The van der Waals surface area contributed by atoms with Crippen LogP contribution in [0.3, 0.4) is 0 Å². The number of rotatable bonds is 5. The van der Waals surface area contributed by atoms with E-state index in [0.29, 0.717) is 37.2 Å². The maximum atomic E-state index is 10.8. The van der Waals surface area contributed by atoms with Crippen LogP contribution in [0.5, 0.6) is 0 Å². The molecule has 1 aromatic rings. The molecule has 0 amide bonds. The maximum Gasteiger partial charge on any atom is 0.331 e. The Kier molecular flexibility index (Phi) is 4.66. The molecule has 2 N–H and O–H groups in total. The van der Waals surface area contributed by atoms with Crippen LogP contribution < -0.4 is 0 Å². The Labute approximate surface area is 121 Å². The van der Waals surface area contributed by atoms with E-state index in [4.69, 9.17) is 5.11 Å². The molecule has 0 aromatic heterocycles. The van der Waals surface area contributed by atoms with Crippen LogP contribution in [0.1, 0.15) is 18.1 Å². The number of carbonyl (C=O) groups is 1. The van der Waals surface area contributed by atoms with Gasteiger partial charge in [0.15, 0.2) is 0 Å². The zero-order valence-electron chi connectivity index (χ0n) is 11.3. The highest BCUT2D eigenvalue weighted by molar-refractivity contribution is 5.86. The van der Waals surface area contributed by atoms with Gasteiger partial charge in [-0.05, 0) is 24.1 Å². The minimum absolute atomic E-state index is 0.0158. The second-order valence-corrected chi connectivity index (χ2v) is 4.91. The van der Waals surface area contributed by atoms with Crippen LogP contribution in [0.4, 0.5) is 5.69 Å². The third kappa shape index (κ3) is 3.87. The van der Waals surface area contributed by atoms with Crippen molar-refractivity contribution in [2.45, 2.75) is 12.5 Å². The molecule has 1 aliphatic heterocycles. The van der Waals surface area contributed by atoms with E-state index in [2.05, 4.69) is 0 Å². The number of carboxylic acids is 1. The molecule has 21 heavy (non-hydrogen) atoms. The first-order valence-corrected chi connectivity index (χ1v) is 6.54. The van der Waals surface area contributed by atoms with Crippen LogP contribution in [0.2, 0.25) is 0 Å². The Morgan fingerprint density at radius 1 is 1.38 bits per heavy atom. The Balaban J connectivity index is 1.94. The summed E-state index contributed by atoms with van der Waals surface area (Å²) in [5, 5.41) is 29.6. The number of aliphatic carboxylic acids is 1.